The van der Waals surface area contributed by atoms with Crippen LogP contribution in [-0.2, 0) is 20.8 Å². The largest absolute Gasteiger partial charge is 0.293 e. The Morgan fingerprint density at radius 2 is 2.00 bits per heavy atom. The summed E-state index contributed by atoms with van der Waals surface area (Å²) in [5.74, 6) is -3.66. The molecule has 0 amide bonds. The molecule has 0 bridgehead atoms. The molecule has 2 rings (SSSR count). The minimum Gasteiger partial charge on any atom is -0.293 e. The van der Waals surface area contributed by atoms with Crippen molar-refractivity contribution in [1.29, 1.82) is 0 Å². The molecule has 1 fully saturated rings. The molecule has 124 valence electrons. The van der Waals surface area contributed by atoms with Crippen LogP contribution >= 0.6 is 0 Å². The summed E-state index contributed by atoms with van der Waals surface area (Å²) >= 11 is 0. The summed E-state index contributed by atoms with van der Waals surface area (Å²) in [7, 11) is -3.57. The van der Waals surface area contributed by atoms with Gasteiger partial charge in [-0.3, -0.25) is 9.08 Å². The van der Waals surface area contributed by atoms with E-state index < -0.39 is 22.0 Å². The lowest BCUT2D eigenvalue weighted by atomic mass is 9.90. The molecule has 0 saturated carbocycles. The van der Waals surface area contributed by atoms with Gasteiger partial charge in [0.25, 0.3) is 16.0 Å². The molecular weight excluding hydrogens is 312 g/mol. The molecule has 0 radical (unpaired) electrons. The van der Waals surface area contributed by atoms with Crippen LogP contribution in [-0.4, -0.2) is 45.2 Å². The standard InChI is InChI=1S/C15H21F2NO3S/c1-22(19,20)21-10-8-14-7-9-18(12-15(14,16)17)11-13-5-3-2-4-6-13/h2-6,14H,7-12H2,1H3. The van der Waals surface area contributed by atoms with Gasteiger partial charge in [0.05, 0.1) is 19.4 Å². The lowest BCUT2D eigenvalue weighted by molar-refractivity contribution is -0.117. The van der Waals surface area contributed by atoms with E-state index in [2.05, 4.69) is 4.18 Å². The number of nitrogens with zero attached hydrogens (tertiary/aromatic N) is 1. The van der Waals surface area contributed by atoms with Gasteiger partial charge in [-0.2, -0.15) is 8.42 Å². The van der Waals surface area contributed by atoms with Crippen LogP contribution in [0.2, 0.25) is 0 Å². The molecule has 1 heterocycles. The maximum absolute atomic E-state index is 14.2. The summed E-state index contributed by atoms with van der Waals surface area (Å²) in [5, 5.41) is 0. The molecule has 1 unspecified atom stereocenters. The van der Waals surface area contributed by atoms with Crippen molar-refractivity contribution in [2.75, 3.05) is 26.0 Å². The minimum atomic E-state index is -3.57. The van der Waals surface area contributed by atoms with E-state index in [1.165, 1.54) is 0 Å². The fourth-order valence-electron chi connectivity index (χ4n) is 2.73. The van der Waals surface area contributed by atoms with E-state index in [0.29, 0.717) is 19.5 Å². The van der Waals surface area contributed by atoms with Gasteiger partial charge in [0.1, 0.15) is 0 Å². The fourth-order valence-corrected chi connectivity index (χ4v) is 3.13. The lowest BCUT2D eigenvalue weighted by Crippen LogP contribution is -2.48. The highest BCUT2D eigenvalue weighted by Crippen LogP contribution is 2.35. The second-order valence-electron chi connectivity index (χ2n) is 5.76. The highest BCUT2D eigenvalue weighted by atomic mass is 32.2. The first-order chi connectivity index (χ1) is 10.3. The molecule has 7 heteroatoms. The Kier molecular flexibility index (Phi) is 5.52. The summed E-state index contributed by atoms with van der Waals surface area (Å²) in [5.41, 5.74) is 1.01. The Balaban J connectivity index is 1.86. The quantitative estimate of drug-likeness (QED) is 0.751. The molecule has 0 N–H and O–H groups in total. The van der Waals surface area contributed by atoms with Crippen LogP contribution in [0.1, 0.15) is 18.4 Å². The van der Waals surface area contributed by atoms with E-state index in [1.54, 1.807) is 4.90 Å². The number of hydrogen-bond donors (Lipinski definition) is 0. The first-order valence-electron chi connectivity index (χ1n) is 7.25. The van der Waals surface area contributed by atoms with Gasteiger partial charge in [-0.05, 0) is 24.9 Å². The number of likely N-dealkylation sites (tertiary alicyclic amines) is 1. The number of halogens is 2. The molecule has 0 aliphatic carbocycles. The van der Waals surface area contributed by atoms with Gasteiger partial charge >= 0.3 is 0 Å². The zero-order valence-electron chi connectivity index (χ0n) is 12.5. The van der Waals surface area contributed by atoms with Crippen molar-refractivity contribution in [3.63, 3.8) is 0 Å². The van der Waals surface area contributed by atoms with E-state index in [0.717, 1.165) is 11.8 Å². The number of piperidine rings is 1. The second kappa shape index (κ2) is 7.02. The molecule has 1 aromatic rings. The Hall–Kier alpha value is -1.05. The first kappa shape index (κ1) is 17.3. The normalized spacial score (nSPS) is 22.6. The monoisotopic (exact) mass is 333 g/mol. The van der Waals surface area contributed by atoms with Crippen LogP contribution < -0.4 is 0 Å². The second-order valence-corrected chi connectivity index (χ2v) is 7.40. The van der Waals surface area contributed by atoms with Crippen molar-refractivity contribution in [2.24, 2.45) is 5.92 Å². The van der Waals surface area contributed by atoms with Crippen molar-refractivity contribution in [2.45, 2.75) is 25.3 Å². The third-order valence-corrected chi connectivity index (χ3v) is 4.43. The molecule has 1 aromatic carbocycles. The van der Waals surface area contributed by atoms with Crippen molar-refractivity contribution in [3.05, 3.63) is 35.9 Å². The van der Waals surface area contributed by atoms with Gasteiger partial charge in [0.15, 0.2) is 0 Å². The SMILES string of the molecule is CS(=O)(=O)OCCC1CCN(Cc2ccccc2)CC1(F)F. The molecule has 1 aliphatic heterocycles. The average molecular weight is 333 g/mol. The molecule has 1 atom stereocenters. The van der Waals surface area contributed by atoms with Crippen molar-refractivity contribution >= 4 is 10.1 Å². The predicted molar refractivity (Wildman–Crippen MR) is 80.2 cm³/mol. The summed E-state index contributed by atoms with van der Waals surface area (Å²) < 4.78 is 54.7. The first-order valence-corrected chi connectivity index (χ1v) is 9.06. The number of rotatable bonds is 6. The lowest BCUT2D eigenvalue weighted by Gasteiger charge is -2.38. The highest BCUT2D eigenvalue weighted by Gasteiger charge is 2.44. The van der Waals surface area contributed by atoms with Gasteiger partial charge in [-0.1, -0.05) is 30.3 Å². The Morgan fingerprint density at radius 3 is 2.59 bits per heavy atom. The average Bonchev–Trinajstić information content (AvgIpc) is 2.40. The van der Waals surface area contributed by atoms with Crippen LogP contribution in [0.25, 0.3) is 0 Å². The van der Waals surface area contributed by atoms with E-state index in [-0.39, 0.29) is 19.6 Å². The van der Waals surface area contributed by atoms with E-state index in [4.69, 9.17) is 0 Å². The Labute approximate surface area is 130 Å². The predicted octanol–water partition coefficient (Wildman–Crippen LogP) is 2.51. The zero-order chi connectivity index (χ0) is 16.2. The van der Waals surface area contributed by atoms with Crippen LogP contribution in [0.4, 0.5) is 8.78 Å². The summed E-state index contributed by atoms with van der Waals surface area (Å²) in [4.78, 5) is 1.74. The molecule has 1 saturated heterocycles. The summed E-state index contributed by atoms with van der Waals surface area (Å²) in [6.45, 7) is 0.597. The van der Waals surface area contributed by atoms with Crippen molar-refractivity contribution in [3.8, 4) is 0 Å². The number of alkyl halides is 2. The van der Waals surface area contributed by atoms with Gasteiger partial charge in [-0.25, -0.2) is 8.78 Å². The van der Waals surface area contributed by atoms with E-state index in [9.17, 15) is 17.2 Å². The van der Waals surface area contributed by atoms with E-state index >= 15 is 0 Å². The van der Waals surface area contributed by atoms with E-state index in [1.807, 2.05) is 30.3 Å². The Morgan fingerprint density at radius 1 is 1.32 bits per heavy atom. The maximum atomic E-state index is 14.2. The molecule has 0 aromatic heterocycles. The van der Waals surface area contributed by atoms with Gasteiger partial charge in [0, 0.05) is 12.5 Å². The highest BCUT2D eigenvalue weighted by molar-refractivity contribution is 7.85. The smallest absolute Gasteiger partial charge is 0.264 e. The molecule has 4 nitrogen and oxygen atoms in total. The van der Waals surface area contributed by atoms with Crippen molar-refractivity contribution < 1.29 is 21.4 Å². The zero-order valence-corrected chi connectivity index (χ0v) is 13.4. The van der Waals surface area contributed by atoms with Gasteiger partial charge in [-0.15, -0.1) is 0 Å². The van der Waals surface area contributed by atoms with Gasteiger partial charge < -0.3 is 0 Å². The fraction of sp³-hybridized carbons (Fsp3) is 0.600. The number of hydrogen-bond acceptors (Lipinski definition) is 4. The molecule has 22 heavy (non-hydrogen) atoms. The Bertz CT molecular complexity index is 578. The van der Waals surface area contributed by atoms with Crippen LogP contribution in [0, 0.1) is 5.92 Å². The molecule has 0 spiro atoms. The third-order valence-electron chi connectivity index (χ3n) is 3.84. The minimum absolute atomic E-state index is 0.0548. The van der Waals surface area contributed by atoms with Crippen LogP contribution in [0.5, 0.6) is 0 Å². The topological polar surface area (TPSA) is 46.6 Å². The van der Waals surface area contributed by atoms with Gasteiger partial charge in [0.2, 0.25) is 0 Å². The maximum Gasteiger partial charge on any atom is 0.264 e. The van der Waals surface area contributed by atoms with Crippen LogP contribution in [0.3, 0.4) is 0 Å². The number of benzene rings is 1. The third kappa shape index (κ3) is 5.30. The van der Waals surface area contributed by atoms with Crippen molar-refractivity contribution in [1.82, 2.24) is 4.90 Å². The molecular formula is C15H21F2NO3S. The molecule has 1 aliphatic rings. The van der Waals surface area contributed by atoms with Crippen LogP contribution in [0.15, 0.2) is 30.3 Å². The summed E-state index contributed by atoms with van der Waals surface area (Å²) in [6.07, 6.45) is 1.32. The summed E-state index contributed by atoms with van der Waals surface area (Å²) in [6, 6.07) is 9.52.